The van der Waals surface area contributed by atoms with Gasteiger partial charge in [0.25, 0.3) is 0 Å². The molecule has 3 heteroatoms. The minimum absolute atomic E-state index is 0.493. The molecular formula is C11H14ClNO. The van der Waals surface area contributed by atoms with Crippen LogP contribution >= 0.6 is 11.6 Å². The van der Waals surface area contributed by atoms with Crippen LogP contribution in [0.3, 0.4) is 0 Å². The van der Waals surface area contributed by atoms with E-state index in [2.05, 4.69) is 11.6 Å². The van der Waals surface area contributed by atoms with Crippen LogP contribution in [0.15, 0.2) is 31.0 Å². The van der Waals surface area contributed by atoms with Crippen molar-refractivity contribution in [3.63, 3.8) is 0 Å². The molecule has 1 aromatic rings. The summed E-state index contributed by atoms with van der Waals surface area (Å²) in [5, 5.41) is 10.3. The minimum atomic E-state index is -0.493. The molecule has 2 nitrogen and oxygen atoms in total. The summed E-state index contributed by atoms with van der Waals surface area (Å²) in [5.41, 5.74) is 0.679. The SMILES string of the molecule is C=CCCCC(O)c1ccc(Cl)cn1. The molecule has 0 aliphatic carbocycles. The van der Waals surface area contributed by atoms with E-state index in [4.69, 9.17) is 11.6 Å². The maximum Gasteiger partial charge on any atom is 0.0959 e. The van der Waals surface area contributed by atoms with Gasteiger partial charge < -0.3 is 5.11 Å². The van der Waals surface area contributed by atoms with Gasteiger partial charge in [-0.25, -0.2) is 0 Å². The van der Waals surface area contributed by atoms with Gasteiger partial charge in [0.1, 0.15) is 0 Å². The van der Waals surface area contributed by atoms with Crippen molar-refractivity contribution in [3.8, 4) is 0 Å². The van der Waals surface area contributed by atoms with Crippen LogP contribution in [0, 0.1) is 0 Å². The van der Waals surface area contributed by atoms with Crippen molar-refractivity contribution in [2.45, 2.75) is 25.4 Å². The molecule has 0 aliphatic heterocycles. The van der Waals surface area contributed by atoms with E-state index in [9.17, 15) is 5.11 Å². The fourth-order valence-corrected chi connectivity index (χ4v) is 1.30. The first kappa shape index (κ1) is 11.2. The van der Waals surface area contributed by atoms with Crippen LogP contribution < -0.4 is 0 Å². The number of aliphatic hydroxyl groups excluding tert-OH is 1. The van der Waals surface area contributed by atoms with Crippen LogP contribution in [0.2, 0.25) is 5.02 Å². The van der Waals surface area contributed by atoms with Gasteiger partial charge >= 0.3 is 0 Å². The molecule has 76 valence electrons. The second-order valence-corrected chi connectivity index (χ2v) is 3.57. The third kappa shape index (κ3) is 3.48. The summed E-state index contributed by atoms with van der Waals surface area (Å²) in [4.78, 5) is 4.05. The zero-order chi connectivity index (χ0) is 10.4. The lowest BCUT2D eigenvalue weighted by molar-refractivity contribution is 0.160. The molecule has 0 bridgehead atoms. The fourth-order valence-electron chi connectivity index (χ4n) is 1.19. The quantitative estimate of drug-likeness (QED) is 0.600. The van der Waals surface area contributed by atoms with E-state index in [-0.39, 0.29) is 0 Å². The maximum atomic E-state index is 9.70. The number of unbranched alkanes of at least 4 members (excludes halogenated alkanes) is 1. The van der Waals surface area contributed by atoms with Gasteiger partial charge in [-0.2, -0.15) is 0 Å². The van der Waals surface area contributed by atoms with E-state index in [0.29, 0.717) is 17.1 Å². The van der Waals surface area contributed by atoms with Crippen molar-refractivity contribution in [2.75, 3.05) is 0 Å². The van der Waals surface area contributed by atoms with Crippen LogP contribution in [-0.4, -0.2) is 10.1 Å². The molecule has 0 saturated carbocycles. The van der Waals surface area contributed by atoms with Gasteiger partial charge in [-0.05, 0) is 31.4 Å². The van der Waals surface area contributed by atoms with Crippen LogP contribution in [-0.2, 0) is 0 Å². The summed E-state index contributed by atoms with van der Waals surface area (Å²) >= 11 is 5.69. The topological polar surface area (TPSA) is 33.1 Å². The second-order valence-electron chi connectivity index (χ2n) is 3.14. The summed E-state index contributed by atoms with van der Waals surface area (Å²) < 4.78 is 0. The number of aromatic nitrogens is 1. The van der Waals surface area contributed by atoms with E-state index in [0.717, 1.165) is 12.8 Å². The normalized spacial score (nSPS) is 12.4. The first-order valence-corrected chi connectivity index (χ1v) is 5.02. The van der Waals surface area contributed by atoms with Crippen molar-refractivity contribution in [3.05, 3.63) is 41.7 Å². The fraction of sp³-hybridized carbons (Fsp3) is 0.364. The number of hydrogen-bond donors (Lipinski definition) is 1. The molecular weight excluding hydrogens is 198 g/mol. The van der Waals surface area contributed by atoms with Crippen molar-refractivity contribution >= 4 is 11.6 Å². The second kappa shape index (κ2) is 5.78. The monoisotopic (exact) mass is 211 g/mol. The molecule has 0 spiro atoms. The van der Waals surface area contributed by atoms with E-state index in [1.807, 2.05) is 6.08 Å². The number of allylic oxidation sites excluding steroid dienone is 1. The van der Waals surface area contributed by atoms with Crippen molar-refractivity contribution < 1.29 is 5.11 Å². The number of rotatable bonds is 5. The lowest BCUT2D eigenvalue weighted by atomic mass is 10.1. The summed E-state index contributed by atoms with van der Waals surface area (Å²) in [5.74, 6) is 0. The maximum absolute atomic E-state index is 9.70. The van der Waals surface area contributed by atoms with Gasteiger partial charge in [0.2, 0.25) is 0 Å². The molecule has 0 amide bonds. The number of halogens is 1. The summed E-state index contributed by atoms with van der Waals surface area (Å²) in [6.45, 7) is 3.63. The van der Waals surface area contributed by atoms with E-state index >= 15 is 0 Å². The molecule has 0 aromatic carbocycles. The molecule has 1 N–H and O–H groups in total. The standard InChI is InChI=1S/C11H14ClNO/c1-2-3-4-5-11(14)10-7-6-9(12)8-13-10/h2,6-8,11,14H,1,3-5H2. The Balaban J connectivity index is 2.47. The first-order valence-electron chi connectivity index (χ1n) is 4.64. The molecule has 0 fully saturated rings. The molecule has 1 atom stereocenters. The van der Waals surface area contributed by atoms with Gasteiger partial charge in [-0.1, -0.05) is 17.7 Å². The molecule has 1 rings (SSSR count). The average molecular weight is 212 g/mol. The molecule has 0 aliphatic rings. The van der Waals surface area contributed by atoms with Crippen LogP contribution in [0.25, 0.3) is 0 Å². The molecule has 1 aromatic heterocycles. The molecule has 1 heterocycles. The highest BCUT2D eigenvalue weighted by atomic mass is 35.5. The third-order valence-corrected chi connectivity index (χ3v) is 2.20. The van der Waals surface area contributed by atoms with Gasteiger partial charge in [0.05, 0.1) is 16.8 Å². The van der Waals surface area contributed by atoms with Gasteiger partial charge in [0, 0.05) is 6.20 Å². The highest BCUT2D eigenvalue weighted by Gasteiger charge is 2.07. The van der Waals surface area contributed by atoms with Gasteiger partial charge in [0.15, 0.2) is 0 Å². The summed E-state index contributed by atoms with van der Waals surface area (Å²) in [6, 6.07) is 3.49. The number of aliphatic hydroxyl groups is 1. The van der Waals surface area contributed by atoms with Gasteiger partial charge in [-0.3, -0.25) is 4.98 Å². The third-order valence-electron chi connectivity index (χ3n) is 1.98. The highest BCUT2D eigenvalue weighted by Crippen LogP contribution is 2.18. The van der Waals surface area contributed by atoms with E-state index < -0.39 is 6.10 Å². The molecule has 0 saturated heterocycles. The number of pyridine rings is 1. The molecule has 0 radical (unpaired) electrons. The Kier molecular flexibility index (Phi) is 4.63. The Labute approximate surface area is 89.2 Å². The van der Waals surface area contributed by atoms with Crippen molar-refractivity contribution in [2.24, 2.45) is 0 Å². The smallest absolute Gasteiger partial charge is 0.0959 e. The number of hydrogen-bond acceptors (Lipinski definition) is 2. The van der Waals surface area contributed by atoms with E-state index in [1.54, 1.807) is 18.3 Å². The largest absolute Gasteiger partial charge is 0.387 e. The average Bonchev–Trinajstić information content (AvgIpc) is 2.19. The van der Waals surface area contributed by atoms with Crippen molar-refractivity contribution in [1.82, 2.24) is 4.98 Å². The number of nitrogens with zero attached hydrogens (tertiary/aromatic N) is 1. The van der Waals surface area contributed by atoms with Crippen molar-refractivity contribution in [1.29, 1.82) is 0 Å². The predicted molar refractivity (Wildman–Crippen MR) is 58.3 cm³/mol. The van der Waals surface area contributed by atoms with Gasteiger partial charge in [-0.15, -0.1) is 6.58 Å². The Hall–Kier alpha value is -0.860. The van der Waals surface area contributed by atoms with E-state index in [1.165, 1.54) is 0 Å². The summed E-state index contributed by atoms with van der Waals surface area (Å²) in [6.07, 6.45) is 5.46. The first-order chi connectivity index (χ1) is 6.74. The zero-order valence-corrected chi connectivity index (χ0v) is 8.74. The predicted octanol–water partition coefficient (Wildman–Crippen LogP) is 3.12. The highest BCUT2D eigenvalue weighted by molar-refractivity contribution is 6.30. The Morgan fingerprint density at radius 3 is 2.93 bits per heavy atom. The van der Waals surface area contributed by atoms with Crippen LogP contribution in [0.1, 0.15) is 31.1 Å². The Morgan fingerprint density at radius 1 is 1.57 bits per heavy atom. The molecule has 1 unspecified atom stereocenters. The molecule has 14 heavy (non-hydrogen) atoms. The van der Waals surface area contributed by atoms with Crippen LogP contribution in [0.4, 0.5) is 0 Å². The zero-order valence-electron chi connectivity index (χ0n) is 7.99. The lowest BCUT2D eigenvalue weighted by Crippen LogP contribution is -1.99. The lowest BCUT2D eigenvalue weighted by Gasteiger charge is -2.08. The Morgan fingerprint density at radius 2 is 2.36 bits per heavy atom. The minimum Gasteiger partial charge on any atom is -0.387 e. The Bertz CT molecular complexity index is 284. The summed E-state index contributed by atoms with van der Waals surface area (Å²) in [7, 11) is 0. The van der Waals surface area contributed by atoms with Crippen LogP contribution in [0.5, 0.6) is 0 Å².